The molecular weight excluding hydrogens is 250 g/mol. The molecular formula is C16H31N3O. The summed E-state index contributed by atoms with van der Waals surface area (Å²) in [5.41, 5.74) is 6.33. The van der Waals surface area contributed by atoms with E-state index in [0.717, 1.165) is 45.3 Å². The molecule has 0 spiro atoms. The zero-order valence-electron chi connectivity index (χ0n) is 13.3. The topological polar surface area (TPSA) is 49.6 Å². The first-order valence-electron chi connectivity index (χ1n) is 8.29. The molecule has 4 atom stereocenters. The maximum atomic E-state index is 13.0. The zero-order valence-corrected chi connectivity index (χ0v) is 13.3. The van der Waals surface area contributed by atoms with Gasteiger partial charge in [-0.15, -0.1) is 0 Å². The number of amides is 1. The maximum Gasteiger partial charge on any atom is 0.227 e. The van der Waals surface area contributed by atoms with Crippen LogP contribution in [0.1, 0.15) is 46.0 Å². The number of carbonyl (C=O) groups excluding carboxylic acids is 1. The molecule has 2 aliphatic rings. The van der Waals surface area contributed by atoms with Crippen molar-refractivity contribution >= 4 is 5.91 Å². The quantitative estimate of drug-likeness (QED) is 0.838. The summed E-state index contributed by atoms with van der Waals surface area (Å²) in [7, 11) is 2.16. The fourth-order valence-electron chi connectivity index (χ4n) is 3.83. The Morgan fingerprint density at radius 1 is 1.25 bits per heavy atom. The molecule has 2 rings (SSSR count). The minimum atomic E-state index is 0.0507. The second-order valence-electron chi connectivity index (χ2n) is 6.80. The van der Waals surface area contributed by atoms with Crippen LogP contribution in [0.2, 0.25) is 0 Å². The van der Waals surface area contributed by atoms with E-state index in [1.54, 1.807) is 0 Å². The summed E-state index contributed by atoms with van der Waals surface area (Å²) in [5.74, 6) is 0.856. The molecule has 4 nitrogen and oxygen atoms in total. The molecule has 4 unspecified atom stereocenters. The molecule has 0 bridgehead atoms. The van der Waals surface area contributed by atoms with Gasteiger partial charge in [0.2, 0.25) is 5.91 Å². The summed E-state index contributed by atoms with van der Waals surface area (Å²) >= 11 is 0. The third-order valence-electron chi connectivity index (χ3n) is 5.27. The molecule has 0 radical (unpaired) electrons. The van der Waals surface area contributed by atoms with Crippen molar-refractivity contribution in [1.29, 1.82) is 0 Å². The molecule has 0 aromatic carbocycles. The highest BCUT2D eigenvalue weighted by Gasteiger charge is 2.37. The number of rotatable bonds is 2. The van der Waals surface area contributed by atoms with Gasteiger partial charge in [-0.3, -0.25) is 4.79 Å². The van der Waals surface area contributed by atoms with E-state index in [4.69, 9.17) is 5.73 Å². The van der Waals surface area contributed by atoms with E-state index in [-0.39, 0.29) is 12.0 Å². The van der Waals surface area contributed by atoms with Gasteiger partial charge in [-0.25, -0.2) is 0 Å². The van der Waals surface area contributed by atoms with Gasteiger partial charge >= 0.3 is 0 Å². The lowest BCUT2D eigenvalue weighted by Gasteiger charge is -2.38. The van der Waals surface area contributed by atoms with Crippen LogP contribution in [0.15, 0.2) is 0 Å². The van der Waals surface area contributed by atoms with Crippen LogP contribution in [0.5, 0.6) is 0 Å². The van der Waals surface area contributed by atoms with E-state index in [0.29, 0.717) is 17.9 Å². The second kappa shape index (κ2) is 6.90. The Labute approximate surface area is 123 Å². The molecule has 1 saturated carbocycles. The van der Waals surface area contributed by atoms with Gasteiger partial charge < -0.3 is 15.5 Å². The third-order valence-corrected chi connectivity index (χ3v) is 5.27. The van der Waals surface area contributed by atoms with Crippen LogP contribution in [0, 0.1) is 11.8 Å². The first kappa shape index (κ1) is 15.8. The highest BCUT2D eigenvalue weighted by molar-refractivity contribution is 5.80. The van der Waals surface area contributed by atoms with Crippen LogP contribution in [0.4, 0.5) is 0 Å². The zero-order chi connectivity index (χ0) is 14.7. The summed E-state index contributed by atoms with van der Waals surface area (Å²) in [6, 6.07) is 0.411. The number of carbonyl (C=O) groups is 1. The first-order valence-corrected chi connectivity index (χ1v) is 8.29. The minimum Gasteiger partial charge on any atom is -0.338 e. The summed E-state index contributed by atoms with van der Waals surface area (Å²) < 4.78 is 0. The van der Waals surface area contributed by atoms with Crippen LogP contribution < -0.4 is 5.73 Å². The standard InChI is InChI=1S/C16H31N3O/c1-4-13-11-18(3)9-6-10-19(13)16(20)14-8-5-7-12(2)15(14)17/h12-15H,4-11,17H2,1-3H3. The Morgan fingerprint density at radius 2 is 2.00 bits per heavy atom. The van der Waals surface area contributed by atoms with Crippen LogP contribution in [0.25, 0.3) is 0 Å². The van der Waals surface area contributed by atoms with E-state index >= 15 is 0 Å². The van der Waals surface area contributed by atoms with Gasteiger partial charge in [-0.05, 0) is 45.2 Å². The highest BCUT2D eigenvalue weighted by Crippen LogP contribution is 2.30. The molecule has 0 aromatic rings. The summed E-state index contributed by atoms with van der Waals surface area (Å²) in [5, 5.41) is 0. The van der Waals surface area contributed by atoms with Crippen molar-refractivity contribution in [3.8, 4) is 0 Å². The van der Waals surface area contributed by atoms with E-state index in [1.165, 1.54) is 6.42 Å². The third kappa shape index (κ3) is 3.34. The Balaban J connectivity index is 2.09. The lowest BCUT2D eigenvalue weighted by molar-refractivity contribution is -0.140. The molecule has 116 valence electrons. The molecule has 1 aliphatic carbocycles. The summed E-state index contributed by atoms with van der Waals surface area (Å²) in [4.78, 5) is 17.5. The number of hydrogen-bond donors (Lipinski definition) is 1. The van der Waals surface area contributed by atoms with Crippen molar-refractivity contribution < 1.29 is 4.79 Å². The number of nitrogens with zero attached hydrogens (tertiary/aromatic N) is 2. The average Bonchev–Trinajstić information content (AvgIpc) is 2.62. The van der Waals surface area contributed by atoms with Crippen LogP contribution in [0.3, 0.4) is 0 Å². The predicted molar refractivity (Wildman–Crippen MR) is 82.4 cm³/mol. The molecule has 1 saturated heterocycles. The number of nitrogens with two attached hydrogens (primary N) is 1. The summed E-state index contributed by atoms with van der Waals surface area (Å²) in [6.45, 7) is 7.37. The Bertz CT molecular complexity index is 334. The van der Waals surface area contributed by atoms with Crippen molar-refractivity contribution in [3.05, 3.63) is 0 Å². The van der Waals surface area contributed by atoms with Crippen LogP contribution in [-0.4, -0.2) is 54.5 Å². The van der Waals surface area contributed by atoms with E-state index in [9.17, 15) is 4.79 Å². The van der Waals surface area contributed by atoms with Gasteiger partial charge in [0.05, 0.1) is 5.92 Å². The molecule has 1 heterocycles. The van der Waals surface area contributed by atoms with Gasteiger partial charge in [-0.1, -0.05) is 20.3 Å². The number of likely N-dealkylation sites (N-methyl/N-ethyl adjacent to an activating group) is 1. The first-order chi connectivity index (χ1) is 9.54. The molecule has 1 aliphatic heterocycles. The Morgan fingerprint density at radius 3 is 2.70 bits per heavy atom. The SMILES string of the molecule is CCC1CN(C)CCCN1C(=O)C1CCCC(C)C1N. The molecule has 1 amide bonds. The normalized spacial score (nSPS) is 36.7. The fraction of sp³-hybridized carbons (Fsp3) is 0.938. The minimum absolute atomic E-state index is 0.0507. The van der Waals surface area contributed by atoms with E-state index < -0.39 is 0 Å². The van der Waals surface area contributed by atoms with Crippen molar-refractivity contribution in [1.82, 2.24) is 9.80 Å². The lowest BCUT2D eigenvalue weighted by Crippen LogP contribution is -2.52. The van der Waals surface area contributed by atoms with Gasteiger partial charge in [-0.2, -0.15) is 0 Å². The van der Waals surface area contributed by atoms with Gasteiger partial charge in [0.15, 0.2) is 0 Å². The number of hydrogen-bond acceptors (Lipinski definition) is 3. The Kier molecular flexibility index (Phi) is 5.44. The fourth-order valence-corrected chi connectivity index (χ4v) is 3.83. The lowest BCUT2D eigenvalue weighted by atomic mass is 9.77. The predicted octanol–water partition coefficient (Wildman–Crippen LogP) is 1.69. The second-order valence-corrected chi connectivity index (χ2v) is 6.80. The van der Waals surface area contributed by atoms with E-state index in [2.05, 4.69) is 30.7 Å². The smallest absolute Gasteiger partial charge is 0.227 e. The molecule has 0 aromatic heterocycles. The largest absolute Gasteiger partial charge is 0.338 e. The van der Waals surface area contributed by atoms with Crippen molar-refractivity contribution in [2.45, 2.75) is 58.0 Å². The van der Waals surface area contributed by atoms with Crippen LogP contribution in [-0.2, 0) is 4.79 Å². The Hall–Kier alpha value is -0.610. The summed E-state index contributed by atoms with van der Waals surface area (Å²) in [6.07, 6.45) is 5.41. The molecule has 4 heteroatoms. The average molecular weight is 281 g/mol. The highest BCUT2D eigenvalue weighted by atomic mass is 16.2. The molecule has 20 heavy (non-hydrogen) atoms. The maximum absolute atomic E-state index is 13.0. The van der Waals surface area contributed by atoms with Gasteiger partial charge in [0.25, 0.3) is 0 Å². The molecule has 2 fully saturated rings. The van der Waals surface area contributed by atoms with Crippen molar-refractivity contribution in [2.24, 2.45) is 17.6 Å². The van der Waals surface area contributed by atoms with Crippen molar-refractivity contribution in [3.63, 3.8) is 0 Å². The molecule has 2 N–H and O–H groups in total. The van der Waals surface area contributed by atoms with Crippen molar-refractivity contribution in [2.75, 3.05) is 26.7 Å². The van der Waals surface area contributed by atoms with Gasteiger partial charge in [0.1, 0.15) is 0 Å². The van der Waals surface area contributed by atoms with E-state index in [1.807, 2.05) is 0 Å². The van der Waals surface area contributed by atoms with Crippen LogP contribution >= 0.6 is 0 Å². The monoisotopic (exact) mass is 281 g/mol. The van der Waals surface area contributed by atoms with Gasteiger partial charge in [0, 0.05) is 25.2 Å².